The number of phenols is 1. The SMILES string of the molecule is COc1c[c-]c(C)cc1N=Nc1c(O)ccc2cc(C)ccc12.[Na+]. The molecule has 3 aromatic carbocycles. The van der Waals surface area contributed by atoms with Crippen LogP contribution in [0.1, 0.15) is 11.1 Å². The Hall–Kier alpha value is -1.88. The Morgan fingerprint density at radius 1 is 1.04 bits per heavy atom. The minimum Gasteiger partial charge on any atom is -0.552 e. The van der Waals surface area contributed by atoms with Gasteiger partial charge in [-0.2, -0.15) is 16.7 Å². The maximum atomic E-state index is 10.1. The third kappa shape index (κ3) is 3.78. The third-order valence-electron chi connectivity index (χ3n) is 3.64. The Bertz CT molecular complexity index is 907. The van der Waals surface area contributed by atoms with Gasteiger partial charge in [-0.25, -0.2) is 0 Å². The molecule has 116 valence electrons. The first-order valence-electron chi connectivity index (χ1n) is 7.29. The number of aryl methyl sites for hydroxylation is 2. The summed E-state index contributed by atoms with van der Waals surface area (Å²) in [6, 6.07) is 16.1. The van der Waals surface area contributed by atoms with Gasteiger partial charge < -0.3 is 9.84 Å². The molecule has 0 fully saturated rings. The Labute approximate surface area is 163 Å². The number of nitrogens with zero attached hydrogens (tertiary/aromatic N) is 2. The summed E-state index contributed by atoms with van der Waals surface area (Å²) >= 11 is 0. The van der Waals surface area contributed by atoms with Crippen molar-refractivity contribution in [2.75, 3.05) is 7.11 Å². The van der Waals surface area contributed by atoms with Crippen molar-refractivity contribution >= 4 is 22.1 Å². The number of fused-ring (bicyclic) bond motifs is 1. The summed E-state index contributed by atoms with van der Waals surface area (Å²) in [7, 11) is 1.58. The Morgan fingerprint density at radius 3 is 2.58 bits per heavy atom. The number of aromatic hydroxyl groups is 1. The van der Waals surface area contributed by atoms with E-state index < -0.39 is 0 Å². The molecule has 0 amide bonds. The molecule has 0 aromatic heterocycles. The molecule has 0 heterocycles. The standard InChI is InChI=1S/C19H17N2O2.Na/c1-12-4-7-15-14(10-12)6-8-17(22)19(15)21-20-16-11-13(2)5-9-18(16)23-3;/h4,6-11,22H,1-3H3;/q-1;+1. The van der Waals surface area contributed by atoms with Crippen LogP contribution in [0.15, 0.2) is 52.7 Å². The molecule has 0 spiro atoms. The maximum Gasteiger partial charge on any atom is 1.00 e. The van der Waals surface area contributed by atoms with Crippen molar-refractivity contribution in [2.45, 2.75) is 13.8 Å². The van der Waals surface area contributed by atoms with Gasteiger partial charge in [-0.3, -0.25) is 0 Å². The van der Waals surface area contributed by atoms with Gasteiger partial charge in [-0.15, -0.1) is 17.2 Å². The van der Waals surface area contributed by atoms with Crippen LogP contribution in [0.2, 0.25) is 0 Å². The first kappa shape index (κ1) is 18.5. The maximum absolute atomic E-state index is 10.1. The van der Waals surface area contributed by atoms with Gasteiger partial charge in [-0.1, -0.05) is 36.8 Å². The molecule has 0 aliphatic carbocycles. The van der Waals surface area contributed by atoms with Crippen LogP contribution in [0.5, 0.6) is 11.5 Å². The van der Waals surface area contributed by atoms with Crippen molar-refractivity contribution in [1.29, 1.82) is 0 Å². The quantitative estimate of drug-likeness (QED) is 0.456. The number of rotatable bonds is 3. The zero-order valence-electron chi connectivity index (χ0n) is 14.3. The van der Waals surface area contributed by atoms with Crippen molar-refractivity contribution in [1.82, 2.24) is 0 Å². The molecule has 0 aliphatic heterocycles. The molecular formula is C19H17N2NaO2. The number of benzene rings is 3. The van der Waals surface area contributed by atoms with Crippen LogP contribution < -0.4 is 34.3 Å². The van der Waals surface area contributed by atoms with E-state index in [0.717, 1.165) is 21.9 Å². The number of hydrogen-bond donors (Lipinski definition) is 1. The monoisotopic (exact) mass is 328 g/mol. The van der Waals surface area contributed by atoms with E-state index >= 15 is 0 Å². The van der Waals surface area contributed by atoms with E-state index in [2.05, 4.69) is 22.4 Å². The zero-order chi connectivity index (χ0) is 16.4. The van der Waals surface area contributed by atoms with E-state index in [4.69, 9.17) is 4.74 Å². The second-order valence-corrected chi connectivity index (χ2v) is 5.43. The summed E-state index contributed by atoms with van der Waals surface area (Å²) in [5.74, 6) is 0.693. The average Bonchev–Trinajstić information content (AvgIpc) is 2.54. The van der Waals surface area contributed by atoms with E-state index in [1.54, 1.807) is 19.2 Å². The number of phenolic OH excluding ortho intramolecular Hbond substituents is 1. The molecule has 0 saturated carbocycles. The first-order valence-corrected chi connectivity index (χ1v) is 7.29. The van der Waals surface area contributed by atoms with Gasteiger partial charge in [0.05, 0.1) is 7.11 Å². The molecule has 0 saturated heterocycles. The van der Waals surface area contributed by atoms with Crippen LogP contribution in [0.25, 0.3) is 10.8 Å². The largest absolute Gasteiger partial charge is 1.00 e. The number of ether oxygens (including phenoxy) is 1. The Balaban J connectivity index is 0.00000208. The van der Waals surface area contributed by atoms with E-state index in [-0.39, 0.29) is 35.3 Å². The van der Waals surface area contributed by atoms with Crippen LogP contribution in [-0.4, -0.2) is 12.2 Å². The second kappa shape index (κ2) is 7.79. The van der Waals surface area contributed by atoms with Crippen LogP contribution in [0.3, 0.4) is 0 Å². The summed E-state index contributed by atoms with van der Waals surface area (Å²) in [5.41, 5.74) is 3.15. The van der Waals surface area contributed by atoms with Gasteiger partial charge in [0.2, 0.25) is 0 Å². The number of hydrogen-bond acceptors (Lipinski definition) is 4. The van der Waals surface area contributed by atoms with Crippen molar-refractivity contribution < 1.29 is 39.4 Å². The molecule has 0 atom stereocenters. The van der Waals surface area contributed by atoms with Crippen LogP contribution in [0.4, 0.5) is 11.4 Å². The molecule has 1 N–H and O–H groups in total. The van der Waals surface area contributed by atoms with E-state index in [9.17, 15) is 5.11 Å². The molecule has 3 rings (SSSR count). The predicted molar refractivity (Wildman–Crippen MR) is 91.1 cm³/mol. The fourth-order valence-electron chi connectivity index (χ4n) is 2.44. The predicted octanol–water partition coefficient (Wildman–Crippen LogP) is 2.39. The van der Waals surface area contributed by atoms with Crippen molar-refractivity contribution in [3.8, 4) is 11.5 Å². The zero-order valence-corrected chi connectivity index (χ0v) is 16.3. The first-order chi connectivity index (χ1) is 11.1. The minimum absolute atomic E-state index is 0. The molecule has 24 heavy (non-hydrogen) atoms. The molecule has 0 radical (unpaired) electrons. The molecule has 5 heteroatoms. The summed E-state index contributed by atoms with van der Waals surface area (Å²) < 4.78 is 5.27. The fourth-order valence-corrected chi connectivity index (χ4v) is 2.44. The summed E-state index contributed by atoms with van der Waals surface area (Å²) in [6.07, 6.45) is 0. The second-order valence-electron chi connectivity index (χ2n) is 5.43. The topological polar surface area (TPSA) is 54.2 Å². The van der Waals surface area contributed by atoms with Crippen LogP contribution in [0, 0.1) is 19.9 Å². The smallest absolute Gasteiger partial charge is 0.552 e. The Kier molecular flexibility index (Phi) is 5.99. The van der Waals surface area contributed by atoms with E-state index in [0.29, 0.717) is 17.1 Å². The van der Waals surface area contributed by atoms with Gasteiger partial charge in [-0.05, 0) is 18.4 Å². The minimum atomic E-state index is 0. The molecule has 4 nitrogen and oxygen atoms in total. The summed E-state index contributed by atoms with van der Waals surface area (Å²) in [4.78, 5) is 0. The van der Waals surface area contributed by atoms with Gasteiger partial charge >= 0.3 is 29.6 Å². The van der Waals surface area contributed by atoms with Crippen molar-refractivity contribution in [3.63, 3.8) is 0 Å². The molecular weight excluding hydrogens is 311 g/mol. The van der Waals surface area contributed by atoms with Gasteiger partial charge in [0.25, 0.3) is 0 Å². The molecule has 3 aromatic rings. The molecule has 0 bridgehead atoms. The van der Waals surface area contributed by atoms with E-state index in [1.165, 1.54) is 0 Å². The van der Waals surface area contributed by atoms with Crippen molar-refractivity contribution in [2.24, 2.45) is 10.2 Å². The number of azo groups is 1. The van der Waals surface area contributed by atoms with Crippen LogP contribution in [-0.2, 0) is 0 Å². The van der Waals surface area contributed by atoms with E-state index in [1.807, 2.05) is 38.1 Å². The fraction of sp³-hybridized carbons (Fsp3) is 0.158. The number of methoxy groups -OCH3 is 1. The average molecular weight is 328 g/mol. The summed E-state index contributed by atoms with van der Waals surface area (Å²) in [6.45, 7) is 3.96. The normalized spacial score (nSPS) is 10.8. The molecule has 0 aliphatic rings. The third-order valence-corrected chi connectivity index (χ3v) is 3.64. The molecule has 0 unspecified atom stereocenters. The summed E-state index contributed by atoms with van der Waals surface area (Å²) in [5, 5.41) is 20.5. The van der Waals surface area contributed by atoms with Gasteiger partial charge in [0.15, 0.2) is 0 Å². The van der Waals surface area contributed by atoms with Gasteiger partial charge in [0, 0.05) is 16.8 Å². The Morgan fingerprint density at radius 2 is 1.83 bits per heavy atom. The van der Waals surface area contributed by atoms with Gasteiger partial charge in [0.1, 0.15) is 11.4 Å². The van der Waals surface area contributed by atoms with Crippen molar-refractivity contribution in [3.05, 3.63) is 59.7 Å². The van der Waals surface area contributed by atoms with Crippen LogP contribution >= 0.6 is 0 Å².